The number of halogens is 1. The minimum Gasteiger partial charge on any atom is -0.472 e. The Balaban J connectivity index is 1.99. The molecule has 0 radical (unpaired) electrons. The van der Waals surface area contributed by atoms with E-state index in [4.69, 9.17) is 4.74 Å². The number of carbonyl (C=O) groups excluding carboxylic acids is 1. The minimum atomic E-state index is -4.12. The van der Waals surface area contributed by atoms with E-state index in [0.29, 0.717) is 5.56 Å². The molecule has 8 nitrogen and oxygen atoms in total. The maximum Gasteiger partial charge on any atom is 0.259 e. The van der Waals surface area contributed by atoms with Crippen molar-refractivity contribution in [2.45, 2.75) is 37.8 Å². The second-order valence-corrected chi connectivity index (χ2v) is 10.5. The molecule has 3 atom stereocenters. The minimum absolute atomic E-state index is 0.0848. The molecule has 0 bridgehead atoms. The Morgan fingerprint density at radius 2 is 2.09 bits per heavy atom. The highest BCUT2D eigenvalue weighted by molar-refractivity contribution is 7.89. The van der Waals surface area contributed by atoms with Gasteiger partial charge in [0.1, 0.15) is 22.4 Å². The quantitative estimate of drug-likeness (QED) is 0.639. The number of benzene rings is 1. The van der Waals surface area contributed by atoms with Gasteiger partial charge < -0.3 is 14.7 Å². The zero-order chi connectivity index (χ0) is 25.0. The Labute approximate surface area is 199 Å². The van der Waals surface area contributed by atoms with Crippen LogP contribution in [0.3, 0.4) is 0 Å². The first-order valence-electron chi connectivity index (χ1n) is 11.0. The molecule has 0 unspecified atom stereocenters. The fraction of sp³-hybridized carbons (Fsp3) is 0.417. The van der Waals surface area contributed by atoms with Crippen molar-refractivity contribution in [1.29, 1.82) is 0 Å². The van der Waals surface area contributed by atoms with Crippen molar-refractivity contribution in [2.24, 2.45) is 5.92 Å². The number of aliphatic hydroxyl groups excluding tert-OH is 1. The third kappa shape index (κ3) is 5.29. The lowest BCUT2D eigenvalue weighted by Crippen LogP contribution is -2.50. The molecule has 34 heavy (non-hydrogen) atoms. The van der Waals surface area contributed by atoms with Gasteiger partial charge in [-0.3, -0.25) is 4.79 Å². The van der Waals surface area contributed by atoms with E-state index in [2.05, 4.69) is 4.98 Å². The third-order valence-corrected chi connectivity index (χ3v) is 7.72. The van der Waals surface area contributed by atoms with Crippen LogP contribution in [0.1, 0.15) is 36.7 Å². The molecule has 3 rings (SSSR count). The molecule has 1 aromatic heterocycles. The number of hydrogen-bond donors (Lipinski definition) is 1. The number of pyridine rings is 1. The van der Waals surface area contributed by atoms with Crippen LogP contribution >= 0.6 is 0 Å². The fourth-order valence-electron chi connectivity index (χ4n) is 3.79. The smallest absolute Gasteiger partial charge is 0.259 e. The number of hydrogen-bond acceptors (Lipinski definition) is 6. The number of ether oxygens (including phenoxy) is 1. The monoisotopic (exact) mass is 491 g/mol. The summed E-state index contributed by atoms with van der Waals surface area (Å²) in [6.07, 6.45) is 4.49. The van der Waals surface area contributed by atoms with E-state index in [-0.39, 0.29) is 43.0 Å². The highest BCUT2D eigenvalue weighted by Crippen LogP contribution is 2.28. The second kappa shape index (κ2) is 10.6. The zero-order valence-electron chi connectivity index (χ0n) is 19.7. The molecule has 0 saturated heterocycles. The Morgan fingerprint density at radius 3 is 2.74 bits per heavy atom. The van der Waals surface area contributed by atoms with Gasteiger partial charge >= 0.3 is 0 Å². The van der Waals surface area contributed by atoms with Crippen LogP contribution in [-0.2, 0) is 10.0 Å². The van der Waals surface area contributed by atoms with Crippen molar-refractivity contribution in [3.8, 4) is 5.88 Å². The number of amides is 1. The Kier molecular flexibility index (Phi) is 8.06. The highest BCUT2D eigenvalue weighted by atomic mass is 32.2. The number of sulfonamides is 1. The zero-order valence-corrected chi connectivity index (χ0v) is 20.5. The van der Waals surface area contributed by atoms with Crippen LogP contribution in [0.5, 0.6) is 5.88 Å². The summed E-state index contributed by atoms with van der Waals surface area (Å²) < 4.78 is 47.4. The SMILES string of the molecule is C/C=C/c1cnc2c(c1)C(=O)N([C@@H](C)CO)C[C@H](C)[C@H](CN(C)S(=O)(=O)c1ccccc1F)O2. The van der Waals surface area contributed by atoms with Gasteiger partial charge in [0.2, 0.25) is 15.9 Å². The maximum absolute atomic E-state index is 14.2. The molecule has 0 spiro atoms. The molecule has 184 valence electrons. The Morgan fingerprint density at radius 1 is 1.38 bits per heavy atom. The molecule has 1 aliphatic heterocycles. The van der Waals surface area contributed by atoms with Gasteiger partial charge in [-0.25, -0.2) is 17.8 Å². The first-order chi connectivity index (χ1) is 16.1. The summed E-state index contributed by atoms with van der Waals surface area (Å²) in [6, 6.07) is 6.39. The third-order valence-electron chi connectivity index (χ3n) is 5.86. The molecule has 0 fully saturated rings. The van der Waals surface area contributed by atoms with Crippen LogP contribution in [0.4, 0.5) is 4.39 Å². The number of fused-ring (bicyclic) bond motifs is 1. The predicted octanol–water partition coefficient (Wildman–Crippen LogP) is 2.79. The number of rotatable bonds is 7. The first kappa shape index (κ1) is 25.8. The van der Waals surface area contributed by atoms with Crippen molar-refractivity contribution in [2.75, 3.05) is 26.7 Å². The van der Waals surface area contributed by atoms with Crippen molar-refractivity contribution >= 4 is 22.0 Å². The van der Waals surface area contributed by atoms with Crippen LogP contribution in [-0.4, -0.2) is 72.5 Å². The van der Waals surface area contributed by atoms with E-state index in [1.807, 2.05) is 19.9 Å². The lowest BCUT2D eigenvalue weighted by atomic mass is 10.00. The summed E-state index contributed by atoms with van der Waals surface area (Å²) in [5.41, 5.74) is 0.937. The number of allylic oxidation sites excluding steroid dienone is 1. The number of aromatic nitrogens is 1. The lowest BCUT2D eigenvalue weighted by molar-refractivity contribution is 0.0373. The Hall–Kier alpha value is -2.82. The molecule has 10 heteroatoms. The van der Waals surface area contributed by atoms with Gasteiger partial charge in [-0.05, 0) is 37.6 Å². The predicted molar refractivity (Wildman–Crippen MR) is 126 cm³/mol. The summed E-state index contributed by atoms with van der Waals surface area (Å²) in [4.78, 5) is 18.8. The van der Waals surface area contributed by atoms with Crippen LogP contribution < -0.4 is 4.74 Å². The normalized spacial score (nSPS) is 20.1. The van der Waals surface area contributed by atoms with E-state index in [9.17, 15) is 22.7 Å². The molecule has 2 heterocycles. The van der Waals surface area contributed by atoms with Gasteiger partial charge in [0.25, 0.3) is 5.91 Å². The van der Waals surface area contributed by atoms with Gasteiger partial charge in [-0.1, -0.05) is 31.2 Å². The molecular weight excluding hydrogens is 461 g/mol. The fourth-order valence-corrected chi connectivity index (χ4v) is 5.04. The van der Waals surface area contributed by atoms with Gasteiger partial charge in [0.15, 0.2) is 0 Å². The number of nitrogens with zero attached hydrogens (tertiary/aromatic N) is 3. The lowest BCUT2D eigenvalue weighted by Gasteiger charge is -2.37. The van der Waals surface area contributed by atoms with E-state index in [0.717, 1.165) is 10.4 Å². The topological polar surface area (TPSA) is 100 Å². The largest absolute Gasteiger partial charge is 0.472 e. The van der Waals surface area contributed by atoms with Gasteiger partial charge in [0, 0.05) is 25.7 Å². The summed E-state index contributed by atoms with van der Waals surface area (Å²) in [5.74, 6) is -1.39. The number of aliphatic hydroxyl groups is 1. The van der Waals surface area contributed by atoms with Gasteiger partial charge in [-0.15, -0.1) is 0 Å². The second-order valence-electron chi connectivity index (χ2n) is 8.46. The van der Waals surface area contributed by atoms with Crippen LogP contribution in [0.25, 0.3) is 6.08 Å². The number of carbonyl (C=O) groups is 1. The average Bonchev–Trinajstić information content (AvgIpc) is 2.81. The molecule has 0 aliphatic carbocycles. The van der Waals surface area contributed by atoms with Gasteiger partial charge in [-0.2, -0.15) is 4.31 Å². The number of likely N-dealkylation sites (N-methyl/N-ethyl adjacent to an activating group) is 1. The molecular formula is C24H30FN3O5S. The van der Waals surface area contributed by atoms with Crippen molar-refractivity contribution in [3.63, 3.8) is 0 Å². The van der Waals surface area contributed by atoms with E-state index < -0.39 is 32.9 Å². The van der Waals surface area contributed by atoms with E-state index in [1.54, 1.807) is 30.2 Å². The summed E-state index contributed by atoms with van der Waals surface area (Å²) in [6.45, 7) is 5.32. The summed E-state index contributed by atoms with van der Waals surface area (Å²) in [7, 11) is -2.76. The van der Waals surface area contributed by atoms with Crippen molar-refractivity contribution in [1.82, 2.24) is 14.2 Å². The molecule has 1 aromatic carbocycles. The summed E-state index contributed by atoms with van der Waals surface area (Å²) >= 11 is 0. The average molecular weight is 492 g/mol. The van der Waals surface area contributed by atoms with E-state index in [1.165, 1.54) is 25.2 Å². The van der Waals surface area contributed by atoms with Crippen LogP contribution in [0, 0.1) is 11.7 Å². The molecule has 1 aliphatic rings. The standard InChI is InChI=1S/C24H30FN3O5S/c1-5-8-18-11-19-23(26-12-18)33-21(16(2)13-28(24(19)30)17(3)15-29)14-27(4)34(31,32)22-10-7-6-9-20(22)25/h5-12,16-17,21,29H,13-15H2,1-4H3/b8-5+/t16-,17-,21-/m0/s1. The first-order valence-corrected chi connectivity index (χ1v) is 12.5. The molecule has 2 aromatic rings. The van der Waals surface area contributed by atoms with Crippen LogP contribution in [0.15, 0.2) is 47.5 Å². The Bertz CT molecular complexity index is 1170. The molecule has 0 saturated carbocycles. The highest BCUT2D eigenvalue weighted by Gasteiger charge is 2.36. The van der Waals surface area contributed by atoms with Gasteiger partial charge in [0.05, 0.1) is 19.2 Å². The van der Waals surface area contributed by atoms with Crippen molar-refractivity contribution < 1.29 is 27.4 Å². The maximum atomic E-state index is 14.2. The van der Waals surface area contributed by atoms with Crippen LogP contribution in [0.2, 0.25) is 0 Å². The molecule has 1 N–H and O–H groups in total. The summed E-state index contributed by atoms with van der Waals surface area (Å²) in [5, 5.41) is 9.74. The molecule has 1 amide bonds. The van der Waals surface area contributed by atoms with E-state index >= 15 is 0 Å². The van der Waals surface area contributed by atoms with Crippen molar-refractivity contribution in [3.05, 3.63) is 59.5 Å².